The van der Waals surface area contributed by atoms with Crippen LogP contribution in [0, 0.1) is 27.7 Å². The topological polar surface area (TPSA) is 58.4 Å². The molecule has 0 aliphatic heterocycles. The van der Waals surface area contributed by atoms with Gasteiger partial charge < -0.3 is 14.7 Å². The standard InChI is InChI=1S/C19H27N3O2/c1-13-9-14(2)19(15(3)10-13)20-18(23)7-6-8-22(5)12-17-11-16(4)24-21-17/h9-11H,6-8,12H2,1-5H3,(H,20,23). The maximum atomic E-state index is 12.2. The third kappa shape index (κ3) is 5.20. The predicted octanol–water partition coefficient (Wildman–Crippen LogP) is 3.76. The first-order chi connectivity index (χ1) is 11.3. The summed E-state index contributed by atoms with van der Waals surface area (Å²) in [5.41, 5.74) is 5.30. The highest BCUT2D eigenvalue weighted by Gasteiger charge is 2.10. The van der Waals surface area contributed by atoms with E-state index in [1.54, 1.807) is 0 Å². The third-order valence-electron chi connectivity index (χ3n) is 3.99. The SMILES string of the molecule is Cc1cc(C)c(NC(=O)CCCN(C)Cc2cc(C)on2)c(C)c1. The molecule has 2 aromatic rings. The highest BCUT2D eigenvalue weighted by atomic mass is 16.5. The van der Waals surface area contributed by atoms with Crippen molar-refractivity contribution in [3.63, 3.8) is 0 Å². The molecule has 0 saturated carbocycles. The van der Waals surface area contributed by atoms with E-state index in [2.05, 4.69) is 34.4 Å². The summed E-state index contributed by atoms with van der Waals surface area (Å²) in [5.74, 6) is 0.886. The highest BCUT2D eigenvalue weighted by molar-refractivity contribution is 5.92. The summed E-state index contributed by atoms with van der Waals surface area (Å²) >= 11 is 0. The lowest BCUT2D eigenvalue weighted by Crippen LogP contribution is -2.21. The Balaban J connectivity index is 1.77. The van der Waals surface area contributed by atoms with Crippen molar-refractivity contribution in [2.45, 2.75) is 47.1 Å². The van der Waals surface area contributed by atoms with Gasteiger partial charge in [0.15, 0.2) is 0 Å². The zero-order valence-electron chi connectivity index (χ0n) is 15.3. The summed E-state index contributed by atoms with van der Waals surface area (Å²) in [4.78, 5) is 14.3. The molecule has 0 aliphatic carbocycles. The molecule has 130 valence electrons. The van der Waals surface area contributed by atoms with Crippen LogP contribution in [0.15, 0.2) is 22.7 Å². The molecule has 0 saturated heterocycles. The molecule has 2 rings (SSSR count). The molecular weight excluding hydrogens is 302 g/mol. The molecule has 1 aromatic heterocycles. The highest BCUT2D eigenvalue weighted by Crippen LogP contribution is 2.22. The third-order valence-corrected chi connectivity index (χ3v) is 3.99. The molecule has 5 heteroatoms. The van der Waals surface area contributed by atoms with Gasteiger partial charge in [-0.1, -0.05) is 22.9 Å². The molecule has 0 bridgehead atoms. The molecular formula is C19H27N3O2. The van der Waals surface area contributed by atoms with E-state index in [9.17, 15) is 4.79 Å². The summed E-state index contributed by atoms with van der Waals surface area (Å²) < 4.78 is 5.06. The van der Waals surface area contributed by atoms with Crippen LogP contribution in [-0.2, 0) is 11.3 Å². The smallest absolute Gasteiger partial charge is 0.224 e. The number of amides is 1. The Morgan fingerprint density at radius 2 is 1.83 bits per heavy atom. The predicted molar refractivity (Wildman–Crippen MR) is 96.1 cm³/mol. The molecule has 0 unspecified atom stereocenters. The van der Waals surface area contributed by atoms with Crippen molar-refractivity contribution in [2.75, 3.05) is 18.9 Å². The van der Waals surface area contributed by atoms with E-state index in [4.69, 9.17) is 4.52 Å². The number of benzene rings is 1. The zero-order valence-corrected chi connectivity index (χ0v) is 15.3. The Morgan fingerprint density at radius 1 is 1.17 bits per heavy atom. The summed E-state index contributed by atoms with van der Waals surface area (Å²) in [5, 5.41) is 7.03. The Hall–Kier alpha value is -2.14. The van der Waals surface area contributed by atoms with Gasteiger partial charge in [0.2, 0.25) is 5.91 Å². The maximum absolute atomic E-state index is 12.2. The molecule has 24 heavy (non-hydrogen) atoms. The van der Waals surface area contributed by atoms with Crippen molar-refractivity contribution in [3.05, 3.63) is 46.3 Å². The molecule has 1 N–H and O–H groups in total. The van der Waals surface area contributed by atoms with Crippen molar-refractivity contribution in [1.82, 2.24) is 10.1 Å². The van der Waals surface area contributed by atoms with E-state index in [0.29, 0.717) is 6.42 Å². The second-order valence-corrected chi connectivity index (χ2v) is 6.59. The van der Waals surface area contributed by atoms with E-state index in [1.807, 2.05) is 33.9 Å². The van der Waals surface area contributed by atoms with Crippen LogP contribution in [0.5, 0.6) is 0 Å². The minimum Gasteiger partial charge on any atom is -0.361 e. The number of hydrogen-bond donors (Lipinski definition) is 1. The second-order valence-electron chi connectivity index (χ2n) is 6.59. The van der Waals surface area contributed by atoms with Crippen molar-refractivity contribution < 1.29 is 9.32 Å². The monoisotopic (exact) mass is 329 g/mol. The quantitative estimate of drug-likeness (QED) is 0.840. The molecule has 1 amide bonds. The van der Waals surface area contributed by atoms with Crippen molar-refractivity contribution in [2.24, 2.45) is 0 Å². The average Bonchev–Trinajstić information content (AvgIpc) is 2.88. The number of anilines is 1. The van der Waals surface area contributed by atoms with Gasteiger partial charge in [-0.05, 0) is 58.8 Å². The number of nitrogens with one attached hydrogen (secondary N) is 1. The minimum atomic E-state index is 0.0655. The van der Waals surface area contributed by atoms with E-state index in [0.717, 1.165) is 47.8 Å². The maximum Gasteiger partial charge on any atom is 0.224 e. The number of aryl methyl sites for hydroxylation is 4. The van der Waals surface area contributed by atoms with Gasteiger partial charge in [0, 0.05) is 24.7 Å². The Bertz CT molecular complexity index is 683. The molecule has 0 fully saturated rings. The molecule has 1 heterocycles. The lowest BCUT2D eigenvalue weighted by molar-refractivity contribution is -0.116. The summed E-state index contributed by atoms with van der Waals surface area (Å²) in [6.07, 6.45) is 1.32. The average molecular weight is 329 g/mol. The van der Waals surface area contributed by atoms with E-state index < -0.39 is 0 Å². The van der Waals surface area contributed by atoms with Crippen LogP contribution in [0.25, 0.3) is 0 Å². The Labute approximate surface area is 144 Å². The van der Waals surface area contributed by atoms with Crippen LogP contribution in [0.1, 0.15) is 41.0 Å². The number of aromatic nitrogens is 1. The van der Waals surface area contributed by atoms with Gasteiger partial charge >= 0.3 is 0 Å². The van der Waals surface area contributed by atoms with E-state index in [-0.39, 0.29) is 5.91 Å². The van der Waals surface area contributed by atoms with Gasteiger partial charge in [-0.3, -0.25) is 4.79 Å². The fourth-order valence-corrected chi connectivity index (χ4v) is 2.94. The Kier molecular flexibility index (Phi) is 6.15. The van der Waals surface area contributed by atoms with Gasteiger partial charge in [0.1, 0.15) is 5.76 Å². The zero-order chi connectivity index (χ0) is 17.7. The van der Waals surface area contributed by atoms with Crippen LogP contribution in [0.3, 0.4) is 0 Å². The van der Waals surface area contributed by atoms with Gasteiger partial charge in [-0.2, -0.15) is 0 Å². The minimum absolute atomic E-state index is 0.0655. The van der Waals surface area contributed by atoms with Gasteiger partial charge in [0.05, 0.1) is 5.69 Å². The summed E-state index contributed by atoms with van der Waals surface area (Å²) in [6.45, 7) is 9.58. The number of rotatable bonds is 7. The van der Waals surface area contributed by atoms with Crippen molar-refractivity contribution in [3.8, 4) is 0 Å². The number of nitrogens with zero attached hydrogens (tertiary/aromatic N) is 2. The fraction of sp³-hybridized carbons (Fsp3) is 0.474. The second kappa shape index (κ2) is 8.11. The van der Waals surface area contributed by atoms with Gasteiger partial charge in [-0.25, -0.2) is 0 Å². The molecule has 5 nitrogen and oxygen atoms in total. The Morgan fingerprint density at radius 3 is 2.42 bits per heavy atom. The summed E-state index contributed by atoms with van der Waals surface area (Å²) in [6, 6.07) is 6.12. The van der Waals surface area contributed by atoms with Crippen LogP contribution >= 0.6 is 0 Å². The first kappa shape index (κ1) is 18.2. The van der Waals surface area contributed by atoms with Crippen molar-refractivity contribution in [1.29, 1.82) is 0 Å². The normalized spacial score (nSPS) is 11.1. The first-order valence-corrected chi connectivity index (χ1v) is 8.33. The van der Waals surface area contributed by atoms with E-state index in [1.165, 1.54) is 5.56 Å². The molecule has 1 aromatic carbocycles. The molecule has 0 atom stereocenters. The van der Waals surface area contributed by atoms with Crippen molar-refractivity contribution >= 4 is 11.6 Å². The van der Waals surface area contributed by atoms with Gasteiger partial charge in [0.25, 0.3) is 0 Å². The number of hydrogen-bond acceptors (Lipinski definition) is 4. The van der Waals surface area contributed by atoms with E-state index >= 15 is 0 Å². The molecule has 0 radical (unpaired) electrons. The van der Waals surface area contributed by atoms with Crippen LogP contribution in [-0.4, -0.2) is 29.6 Å². The number of carbonyl (C=O) groups is 1. The van der Waals surface area contributed by atoms with Crippen LogP contribution < -0.4 is 5.32 Å². The molecule has 0 aliphatic rings. The largest absolute Gasteiger partial charge is 0.361 e. The lowest BCUT2D eigenvalue weighted by atomic mass is 10.0. The number of carbonyl (C=O) groups excluding carboxylic acids is 1. The lowest BCUT2D eigenvalue weighted by Gasteiger charge is -2.15. The fourth-order valence-electron chi connectivity index (χ4n) is 2.94. The van der Waals surface area contributed by atoms with Crippen LogP contribution in [0.2, 0.25) is 0 Å². The molecule has 0 spiro atoms. The van der Waals surface area contributed by atoms with Gasteiger partial charge in [-0.15, -0.1) is 0 Å². The van der Waals surface area contributed by atoms with Crippen LogP contribution in [0.4, 0.5) is 5.69 Å². The summed E-state index contributed by atoms with van der Waals surface area (Å²) in [7, 11) is 2.02. The first-order valence-electron chi connectivity index (χ1n) is 8.33.